The minimum atomic E-state index is -0.240. The van der Waals surface area contributed by atoms with Crippen molar-refractivity contribution in [1.29, 1.82) is 0 Å². The molecule has 1 aromatic carbocycles. The highest BCUT2D eigenvalue weighted by molar-refractivity contribution is 6.30. The molecule has 0 amide bonds. The summed E-state index contributed by atoms with van der Waals surface area (Å²) in [4.78, 5) is 4.42. The van der Waals surface area contributed by atoms with Gasteiger partial charge in [0.15, 0.2) is 0 Å². The van der Waals surface area contributed by atoms with Crippen LogP contribution in [0.5, 0.6) is 0 Å². The van der Waals surface area contributed by atoms with Crippen molar-refractivity contribution in [3.63, 3.8) is 0 Å². The van der Waals surface area contributed by atoms with E-state index < -0.39 is 0 Å². The molecule has 0 unspecified atom stereocenters. The van der Waals surface area contributed by atoms with Crippen LogP contribution in [0.1, 0.15) is 31.2 Å². The fraction of sp³-hybridized carbons (Fsp3) is 0.438. The second-order valence-electron chi connectivity index (χ2n) is 5.47. The summed E-state index contributed by atoms with van der Waals surface area (Å²) in [7, 11) is 0. The third-order valence-corrected chi connectivity index (χ3v) is 4.36. The van der Waals surface area contributed by atoms with Crippen molar-refractivity contribution in [1.82, 2.24) is 10.3 Å². The van der Waals surface area contributed by atoms with Crippen molar-refractivity contribution in [2.75, 3.05) is 0 Å². The normalized spacial score (nSPS) is 23.1. The minimum absolute atomic E-state index is 0.172. The van der Waals surface area contributed by atoms with Gasteiger partial charge in [-0.3, -0.25) is 0 Å². The van der Waals surface area contributed by atoms with E-state index >= 15 is 0 Å². The number of aliphatic hydroxyl groups excluding tert-OH is 1. The van der Waals surface area contributed by atoms with E-state index in [-0.39, 0.29) is 12.1 Å². The van der Waals surface area contributed by atoms with Gasteiger partial charge in [-0.15, -0.1) is 0 Å². The summed E-state index contributed by atoms with van der Waals surface area (Å²) < 4.78 is 0. The molecule has 1 fully saturated rings. The van der Waals surface area contributed by atoms with Crippen LogP contribution >= 0.6 is 11.6 Å². The fourth-order valence-electron chi connectivity index (χ4n) is 2.85. The lowest BCUT2D eigenvalue weighted by molar-refractivity contribution is 0.0902. The first kappa shape index (κ1) is 13.8. The zero-order valence-electron chi connectivity index (χ0n) is 11.3. The van der Waals surface area contributed by atoms with Gasteiger partial charge in [0.05, 0.1) is 11.6 Å². The van der Waals surface area contributed by atoms with Crippen LogP contribution < -0.4 is 5.32 Å². The topological polar surface area (TPSA) is 45.1 Å². The molecule has 2 N–H and O–H groups in total. The highest BCUT2D eigenvalue weighted by Gasteiger charge is 2.22. The van der Waals surface area contributed by atoms with Crippen LogP contribution in [0.4, 0.5) is 0 Å². The first-order valence-electron chi connectivity index (χ1n) is 7.19. The lowest BCUT2D eigenvalue weighted by Gasteiger charge is -2.28. The van der Waals surface area contributed by atoms with Crippen LogP contribution in [-0.4, -0.2) is 22.2 Å². The Morgan fingerprint density at radius 1 is 1.25 bits per heavy atom. The number of halogens is 1. The number of aliphatic hydroxyl groups is 1. The van der Waals surface area contributed by atoms with Crippen LogP contribution in [0.2, 0.25) is 5.15 Å². The molecular weight excluding hydrogens is 272 g/mol. The summed E-state index contributed by atoms with van der Waals surface area (Å²) in [5.74, 6) is 0. The van der Waals surface area contributed by atoms with Gasteiger partial charge in [-0.05, 0) is 25.0 Å². The van der Waals surface area contributed by atoms with Gasteiger partial charge < -0.3 is 10.4 Å². The number of aromatic nitrogens is 1. The maximum atomic E-state index is 9.98. The molecule has 0 spiro atoms. The molecule has 1 aliphatic rings. The second-order valence-corrected chi connectivity index (χ2v) is 5.83. The average molecular weight is 291 g/mol. The molecule has 3 nitrogen and oxygen atoms in total. The number of nitrogens with one attached hydrogen (secondary N) is 1. The van der Waals surface area contributed by atoms with Crippen LogP contribution in [0.3, 0.4) is 0 Å². The summed E-state index contributed by atoms with van der Waals surface area (Å²) in [6.07, 6.45) is 3.98. The maximum Gasteiger partial charge on any atom is 0.134 e. The third kappa shape index (κ3) is 2.95. The Labute approximate surface area is 124 Å². The molecule has 1 saturated carbocycles. The average Bonchev–Trinajstić information content (AvgIpc) is 2.46. The quantitative estimate of drug-likeness (QED) is 0.853. The zero-order valence-corrected chi connectivity index (χ0v) is 12.1. The highest BCUT2D eigenvalue weighted by atomic mass is 35.5. The molecule has 106 valence electrons. The lowest BCUT2D eigenvalue weighted by Crippen LogP contribution is -2.41. The molecule has 3 rings (SSSR count). The number of nitrogens with zero attached hydrogens (tertiary/aromatic N) is 1. The lowest BCUT2D eigenvalue weighted by atomic mass is 9.92. The van der Waals surface area contributed by atoms with Crippen LogP contribution in [0, 0.1) is 0 Å². The van der Waals surface area contributed by atoms with Crippen molar-refractivity contribution >= 4 is 22.5 Å². The van der Waals surface area contributed by atoms with Gasteiger partial charge in [-0.1, -0.05) is 42.6 Å². The summed E-state index contributed by atoms with van der Waals surface area (Å²) >= 11 is 6.24. The van der Waals surface area contributed by atoms with Crippen LogP contribution in [0.25, 0.3) is 10.9 Å². The zero-order chi connectivity index (χ0) is 13.9. The number of hydrogen-bond donors (Lipinski definition) is 2. The van der Waals surface area contributed by atoms with Crippen molar-refractivity contribution in [2.45, 2.75) is 44.4 Å². The Morgan fingerprint density at radius 2 is 2.05 bits per heavy atom. The Kier molecular flexibility index (Phi) is 4.20. The minimum Gasteiger partial charge on any atom is -0.392 e. The van der Waals surface area contributed by atoms with Gasteiger partial charge >= 0.3 is 0 Å². The molecule has 0 aliphatic heterocycles. The van der Waals surface area contributed by atoms with E-state index in [2.05, 4.69) is 16.4 Å². The standard InChI is InChI=1S/C16H19ClN2O/c17-16-12(9-11-5-1-2-6-13(11)19-16)10-18-14-7-3-4-8-15(14)20/h1-2,5-6,9,14-15,18,20H,3-4,7-8,10H2/t14-,15-/m1/s1. The maximum absolute atomic E-state index is 9.98. The molecule has 4 heteroatoms. The van der Waals surface area contributed by atoms with E-state index in [9.17, 15) is 5.11 Å². The Bertz CT molecular complexity index is 602. The van der Waals surface area contributed by atoms with E-state index in [0.29, 0.717) is 11.7 Å². The van der Waals surface area contributed by atoms with E-state index in [1.165, 1.54) is 6.42 Å². The van der Waals surface area contributed by atoms with Crippen molar-refractivity contribution < 1.29 is 5.11 Å². The van der Waals surface area contributed by atoms with E-state index in [4.69, 9.17) is 11.6 Å². The van der Waals surface area contributed by atoms with E-state index in [0.717, 1.165) is 35.7 Å². The van der Waals surface area contributed by atoms with Crippen LogP contribution in [0.15, 0.2) is 30.3 Å². The van der Waals surface area contributed by atoms with Crippen molar-refractivity contribution in [2.24, 2.45) is 0 Å². The molecule has 1 aromatic heterocycles. The molecule has 0 radical (unpaired) electrons. The van der Waals surface area contributed by atoms with Gasteiger partial charge in [0, 0.05) is 23.5 Å². The largest absolute Gasteiger partial charge is 0.392 e. The number of para-hydroxylation sites is 1. The summed E-state index contributed by atoms with van der Waals surface area (Å²) in [5.41, 5.74) is 1.90. The first-order chi connectivity index (χ1) is 9.74. The molecule has 20 heavy (non-hydrogen) atoms. The van der Waals surface area contributed by atoms with Gasteiger partial charge in [-0.2, -0.15) is 0 Å². The Balaban J connectivity index is 1.75. The smallest absolute Gasteiger partial charge is 0.134 e. The van der Waals surface area contributed by atoms with Gasteiger partial charge in [0.1, 0.15) is 5.15 Å². The monoisotopic (exact) mass is 290 g/mol. The van der Waals surface area contributed by atoms with Gasteiger partial charge in [0.2, 0.25) is 0 Å². The highest BCUT2D eigenvalue weighted by Crippen LogP contribution is 2.22. The third-order valence-electron chi connectivity index (χ3n) is 4.03. The van der Waals surface area contributed by atoms with Gasteiger partial charge in [0.25, 0.3) is 0 Å². The summed E-state index contributed by atoms with van der Waals surface area (Å²) in [6, 6.07) is 10.2. The Morgan fingerprint density at radius 3 is 2.90 bits per heavy atom. The Hall–Kier alpha value is -1.16. The second kappa shape index (κ2) is 6.08. The number of rotatable bonds is 3. The molecule has 0 bridgehead atoms. The van der Waals surface area contributed by atoms with Crippen LogP contribution in [-0.2, 0) is 6.54 Å². The van der Waals surface area contributed by atoms with Crippen molar-refractivity contribution in [3.05, 3.63) is 41.0 Å². The molecular formula is C16H19ClN2O. The number of hydrogen-bond acceptors (Lipinski definition) is 3. The summed E-state index contributed by atoms with van der Waals surface area (Å²) in [5, 5.41) is 15.0. The molecule has 1 aliphatic carbocycles. The van der Waals surface area contributed by atoms with Gasteiger partial charge in [-0.25, -0.2) is 4.98 Å². The van der Waals surface area contributed by atoms with E-state index in [1.807, 2.05) is 24.3 Å². The number of pyridine rings is 1. The SMILES string of the molecule is O[C@@H]1CCCC[C@H]1NCc1cc2ccccc2nc1Cl. The molecule has 1 heterocycles. The predicted octanol–water partition coefficient (Wildman–Crippen LogP) is 3.28. The predicted molar refractivity (Wildman–Crippen MR) is 81.9 cm³/mol. The van der Waals surface area contributed by atoms with Crippen molar-refractivity contribution in [3.8, 4) is 0 Å². The molecule has 2 atom stereocenters. The molecule has 2 aromatic rings. The summed E-state index contributed by atoms with van der Waals surface area (Å²) in [6.45, 7) is 0.651. The molecule has 0 saturated heterocycles. The fourth-order valence-corrected chi connectivity index (χ4v) is 3.06. The van der Waals surface area contributed by atoms with E-state index in [1.54, 1.807) is 0 Å². The number of fused-ring (bicyclic) bond motifs is 1. The number of benzene rings is 1. The first-order valence-corrected chi connectivity index (χ1v) is 7.57.